The lowest BCUT2D eigenvalue weighted by molar-refractivity contribution is -0.757. The molecule has 0 aliphatic rings. The number of rotatable bonds is 10. The predicted molar refractivity (Wildman–Crippen MR) is 62.6 cm³/mol. The van der Waals surface area contributed by atoms with Crippen molar-refractivity contribution in [1.82, 2.24) is 0 Å². The zero-order valence-corrected chi connectivity index (χ0v) is 10.6. The fourth-order valence-electron chi connectivity index (χ4n) is 1.23. The monoisotopic (exact) mass is 278 g/mol. The van der Waals surface area contributed by atoms with Crippen molar-refractivity contribution in [2.24, 2.45) is 5.73 Å². The largest absolute Gasteiger partial charge is 0.480 e. The molecule has 9 nitrogen and oxygen atoms in total. The number of hydrogen-bond acceptors (Lipinski definition) is 7. The molecule has 0 spiro atoms. The van der Waals surface area contributed by atoms with Crippen molar-refractivity contribution < 1.29 is 29.4 Å². The van der Waals surface area contributed by atoms with Gasteiger partial charge in [-0.2, -0.15) is 0 Å². The van der Waals surface area contributed by atoms with E-state index in [2.05, 4.69) is 4.84 Å². The summed E-state index contributed by atoms with van der Waals surface area (Å²) in [6.45, 7) is 1.39. The van der Waals surface area contributed by atoms with Gasteiger partial charge in [-0.05, 0) is 19.8 Å². The van der Waals surface area contributed by atoms with Crippen molar-refractivity contribution >= 4 is 11.9 Å². The summed E-state index contributed by atoms with van der Waals surface area (Å²) in [6.07, 6.45) is 0.716. The number of carboxylic acid groups (broad SMARTS) is 1. The normalized spacial score (nSPS) is 13.4. The van der Waals surface area contributed by atoms with Crippen molar-refractivity contribution in [3.8, 4) is 0 Å². The van der Waals surface area contributed by atoms with E-state index in [0.29, 0.717) is 19.3 Å². The summed E-state index contributed by atoms with van der Waals surface area (Å²) in [6, 6.07) is -1.25. The molecule has 2 atom stereocenters. The molecule has 0 amide bonds. The first-order valence-corrected chi connectivity index (χ1v) is 5.79. The van der Waals surface area contributed by atoms with Crippen molar-refractivity contribution in [3.63, 3.8) is 0 Å². The number of carboxylic acids is 1. The van der Waals surface area contributed by atoms with Gasteiger partial charge in [0.1, 0.15) is 12.1 Å². The van der Waals surface area contributed by atoms with Gasteiger partial charge in [-0.25, -0.2) is 0 Å². The van der Waals surface area contributed by atoms with Gasteiger partial charge in [0.05, 0.1) is 6.61 Å². The number of ether oxygens (including phenoxy) is 1. The highest BCUT2D eigenvalue weighted by Crippen LogP contribution is 2.05. The molecule has 2 unspecified atom stereocenters. The van der Waals surface area contributed by atoms with E-state index in [1.54, 1.807) is 0 Å². The SMILES string of the molecule is CC(OC(=O)CCCCCO[N+](=O)[O-])C(N)C(=O)O. The molecule has 9 heteroatoms. The van der Waals surface area contributed by atoms with Crippen LogP contribution in [0.2, 0.25) is 0 Å². The highest BCUT2D eigenvalue weighted by atomic mass is 16.9. The van der Waals surface area contributed by atoms with Crippen LogP contribution in [0.25, 0.3) is 0 Å². The number of nitrogens with two attached hydrogens (primary N) is 1. The molecule has 0 aromatic carbocycles. The molecule has 3 N–H and O–H groups in total. The van der Waals surface area contributed by atoms with Gasteiger partial charge in [0.25, 0.3) is 5.09 Å². The van der Waals surface area contributed by atoms with Crippen LogP contribution in [-0.2, 0) is 19.2 Å². The minimum absolute atomic E-state index is 0.0116. The van der Waals surface area contributed by atoms with E-state index in [-0.39, 0.29) is 13.0 Å². The molecule has 0 aliphatic carbocycles. The van der Waals surface area contributed by atoms with Gasteiger partial charge in [0.15, 0.2) is 0 Å². The first-order valence-electron chi connectivity index (χ1n) is 5.79. The summed E-state index contributed by atoms with van der Waals surface area (Å²) in [4.78, 5) is 35.8. The first kappa shape index (κ1) is 17.1. The van der Waals surface area contributed by atoms with E-state index in [1.165, 1.54) is 6.92 Å². The molecule has 0 aliphatic heterocycles. The molecule has 0 radical (unpaired) electrons. The van der Waals surface area contributed by atoms with Crippen molar-refractivity contribution in [2.45, 2.75) is 44.8 Å². The van der Waals surface area contributed by atoms with Gasteiger partial charge in [0, 0.05) is 6.42 Å². The second-order valence-corrected chi connectivity index (χ2v) is 3.93. The molecule has 0 aromatic rings. The van der Waals surface area contributed by atoms with Gasteiger partial charge in [-0.3, -0.25) is 9.59 Å². The highest BCUT2D eigenvalue weighted by molar-refractivity contribution is 5.75. The Balaban J connectivity index is 3.64. The Hall–Kier alpha value is -1.90. The Labute approximate surface area is 109 Å². The second-order valence-electron chi connectivity index (χ2n) is 3.93. The molecule has 0 saturated carbocycles. The Morgan fingerprint density at radius 2 is 2.00 bits per heavy atom. The molecule has 0 heterocycles. The number of nitrogens with zero attached hydrogens (tertiary/aromatic N) is 1. The molecule has 0 fully saturated rings. The van der Waals surface area contributed by atoms with Gasteiger partial charge < -0.3 is 20.4 Å². The van der Waals surface area contributed by atoms with Crippen molar-refractivity contribution in [2.75, 3.05) is 6.61 Å². The minimum Gasteiger partial charge on any atom is -0.480 e. The maximum atomic E-state index is 11.3. The number of unbranched alkanes of at least 4 members (excludes halogenated alkanes) is 2. The standard InChI is InChI=1S/C10H18N2O7/c1-7(9(11)10(14)15)19-8(13)5-3-2-4-6-18-12(16)17/h7,9H,2-6,11H2,1H3,(H,14,15). The van der Waals surface area contributed by atoms with Gasteiger partial charge >= 0.3 is 11.9 Å². The summed E-state index contributed by atoms with van der Waals surface area (Å²) in [5, 5.41) is 17.6. The van der Waals surface area contributed by atoms with Crippen LogP contribution in [0.4, 0.5) is 0 Å². The van der Waals surface area contributed by atoms with Gasteiger partial charge in [-0.1, -0.05) is 6.42 Å². The second kappa shape index (κ2) is 9.09. The third-order valence-electron chi connectivity index (χ3n) is 2.33. The zero-order valence-electron chi connectivity index (χ0n) is 10.6. The first-order chi connectivity index (χ1) is 8.84. The molecule has 0 rings (SSSR count). The van der Waals surface area contributed by atoms with E-state index in [9.17, 15) is 19.7 Å². The number of aliphatic carboxylic acids is 1. The Morgan fingerprint density at radius 1 is 1.37 bits per heavy atom. The van der Waals surface area contributed by atoms with E-state index >= 15 is 0 Å². The van der Waals surface area contributed by atoms with Crippen LogP contribution in [0.3, 0.4) is 0 Å². The van der Waals surface area contributed by atoms with Crippen LogP contribution in [-0.4, -0.2) is 40.9 Å². The molecule has 19 heavy (non-hydrogen) atoms. The molecule has 0 aromatic heterocycles. The van der Waals surface area contributed by atoms with Crippen LogP contribution in [0.1, 0.15) is 32.6 Å². The average molecular weight is 278 g/mol. The highest BCUT2D eigenvalue weighted by Gasteiger charge is 2.23. The lowest BCUT2D eigenvalue weighted by Crippen LogP contribution is -2.42. The fraction of sp³-hybridized carbons (Fsp3) is 0.800. The van der Waals surface area contributed by atoms with E-state index in [1.807, 2.05) is 0 Å². The average Bonchev–Trinajstić information content (AvgIpc) is 2.31. The summed E-state index contributed by atoms with van der Waals surface area (Å²) < 4.78 is 4.83. The summed E-state index contributed by atoms with van der Waals surface area (Å²) in [5.74, 6) is -1.78. The smallest absolute Gasteiger partial charge is 0.324 e. The zero-order chi connectivity index (χ0) is 14.8. The Kier molecular flexibility index (Phi) is 8.18. The van der Waals surface area contributed by atoms with E-state index < -0.39 is 29.2 Å². The third kappa shape index (κ3) is 8.77. The maximum Gasteiger partial charge on any atom is 0.324 e. The lowest BCUT2D eigenvalue weighted by Gasteiger charge is -2.16. The molecule has 110 valence electrons. The van der Waals surface area contributed by atoms with E-state index in [4.69, 9.17) is 15.6 Å². The quantitative estimate of drug-likeness (QED) is 0.248. The lowest BCUT2D eigenvalue weighted by atomic mass is 10.2. The number of esters is 1. The Morgan fingerprint density at radius 3 is 2.53 bits per heavy atom. The topological polar surface area (TPSA) is 142 Å². The minimum atomic E-state index is -1.25. The fourth-order valence-corrected chi connectivity index (χ4v) is 1.23. The molecular formula is C10H18N2O7. The molecule has 0 saturated heterocycles. The summed E-state index contributed by atoms with van der Waals surface area (Å²) >= 11 is 0. The number of hydrogen-bond donors (Lipinski definition) is 2. The summed E-state index contributed by atoms with van der Waals surface area (Å²) in [5.41, 5.74) is 5.27. The maximum absolute atomic E-state index is 11.3. The third-order valence-corrected chi connectivity index (χ3v) is 2.33. The van der Waals surface area contributed by atoms with Crippen molar-refractivity contribution in [1.29, 1.82) is 0 Å². The number of carbonyl (C=O) groups is 2. The predicted octanol–water partition coefficient (Wildman–Crippen LogP) is 0.0987. The molecule has 0 bridgehead atoms. The van der Waals surface area contributed by atoms with Crippen LogP contribution in [0.5, 0.6) is 0 Å². The van der Waals surface area contributed by atoms with E-state index in [0.717, 1.165) is 0 Å². The molecular weight excluding hydrogens is 260 g/mol. The van der Waals surface area contributed by atoms with Gasteiger partial charge in [-0.15, -0.1) is 10.1 Å². The van der Waals surface area contributed by atoms with Crippen LogP contribution in [0.15, 0.2) is 0 Å². The van der Waals surface area contributed by atoms with Crippen LogP contribution >= 0.6 is 0 Å². The van der Waals surface area contributed by atoms with Gasteiger partial charge in [0.2, 0.25) is 0 Å². The number of carbonyl (C=O) groups excluding carboxylic acids is 1. The van der Waals surface area contributed by atoms with Crippen LogP contribution in [0, 0.1) is 10.1 Å². The van der Waals surface area contributed by atoms with Crippen molar-refractivity contribution in [3.05, 3.63) is 10.1 Å². The Bertz CT molecular complexity index is 321. The summed E-state index contributed by atoms with van der Waals surface area (Å²) in [7, 11) is 0. The van der Waals surface area contributed by atoms with Crippen LogP contribution < -0.4 is 5.73 Å².